The fourth-order valence-corrected chi connectivity index (χ4v) is 6.78. The van der Waals surface area contributed by atoms with Crippen LogP contribution in [0.15, 0.2) is 87.8 Å². The Morgan fingerprint density at radius 1 is 1.00 bits per heavy atom. The normalized spacial score (nSPS) is 14.4. The Balaban J connectivity index is 1.66. The van der Waals surface area contributed by atoms with Gasteiger partial charge in [-0.05, 0) is 83.0 Å². The summed E-state index contributed by atoms with van der Waals surface area (Å²) in [6.45, 7) is 13.9. The first kappa shape index (κ1) is 34.5. The van der Waals surface area contributed by atoms with Gasteiger partial charge in [-0.25, -0.2) is 9.79 Å². The zero-order chi connectivity index (χ0) is 34.4. The first-order valence-electron chi connectivity index (χ1n) is 16.3. The van der Waals surface area contributed by atoms with E-state index in [1.807, 2.05) is 74.5 Å². The largest absolute Gasteiger partial charge is 0.493 e. The Bertz CT molecular complexity index is 1980. The summed E-state index contributed by atoms with van der Waals surface area (Å²) >= 11 is 1.27. The smallest absolute Gasteiger partial charge is 0.338 e. The highest BCUT2D eigenvalue weighted by Gasteiger charge is 2.34. The quantitative estimate of drug-likeness (QED) is 0.161. The number of hydrogen-bond acceptors (Lipinski definition) is 9. The minimum atomic E-state index is -0.789. The summed E-state index contributed by atoms with van der Waals surface area (Å²) in [6, 6.07) is 20.7. The van der Waals surface area contributed by atoms with Gasteiger partial charge in [-0.2, -0.15) is 0 Å². The highest BCUT2D eigenvalue weighted by Crippen LogP contribution is 2.36. The van der Waals surface area contributed by atoms with E-state index in [1.165, 1.54) is 11.3 Å². The molecule has 0 amide bonds. The van der Waals surface area contributed by atoms with Crippen molar-refractivity contribution in [3.63, 3.8) is 0 Å². The standard InChI is InChI=1S/C38H43N3O6S/c1-8-40(9-2)29-18-16-27(31(22-29)46-23-26-14-12-11-13-15-26)21-33-36(42)41-35(28-17-19-30(47-24(4)5)32(20-28)44-7)34(37(43)45-10-3)25(6)39-38(41)48-33/h11-22,24,35H,8-10,23H2,1-7H3/b33-21+/t35-/m1/s1. The Morgan fingerprint density at radius 3 is 2.42 bits per heavy atom. The number of anilines is 1. The number of methoxy groups -OCH3 is 1. The molecule has 0 bridgehead atoms. The molecule has 252 valence electrons. The topological polar surface area (TPSA) is 91.6 Å². The minimum Gasteiger partial charge on any atom is -0.493 e. The van der Waals surface area contributed by atoms with Gasteiger partial charge in [0.1, 0.15) is 12.4 Å². The number of allylic oxidation sites excluding steroid dienone is 1. The van der Waals surface area contributed by atoms with Gasteiger partial charge < -0.3 is 23.8 Å². The van der Waals surface area contributed by atoms with Crippen molar-refractivity contribution >= 4 is 29.1 Å². The van der Waals surface area contributed by atoms with Gasteiger partial charge >= 0.3 is 5.97 Å². The third-order valence-electron chi connectivity index (χ3n) is 8.03. The lowest BCUT2D eigenvalue weighted by Crippen LogP contribution is -2.40. The molecule has 0 saturated heterocycles. The molecule has 5 rings (SSSR count). The van der Waals surface area contributed by atoms with E-state index in [-0.39, 0.29) is 18.3 Å². The molecule has 3 aromatic carbocycles. The van der Waals surface area contributed by atoms with Crippen LogP contribution in [-0.2, 0) is 16.1 Å². The molecule has 9 nitrogen and oxygen atoms in total. The Kier molecular flexibility index (Phi) is 11.1. The number of nitrogens with zero attached hydrogens (tertiary/aromatic N) is 3. The van der Waals surface area contributed by atoms with Crippen molar-refractivity contribution in [2.45, 2.75) is 60.3 Å². The number of fused-ring (bicyclic) bond motifs is 1. The zero-order valence-electron chi connectivity index (χ0n) is 28.6. The lowest BCUT2D eigenvalue weighted by atomic mass is 9.95. The van der Waals surface area contributed by atoms with E-state index in [1.54, 1.807) is 37.7 Å². The van der Waals surface area contributed by atoms with Crippen LogP contribution in [0, 0.1) is 0 Å². The van der Waals surface area contributed by atoms with E-state index >= 15 is 0 Å². The van der Waals surface area contributed by atoms with Gasteiger partial charge in [-0.1, -0.05) is 47.7 Å². The van der Waals surface area contributed by atoms with E-state index < -0.39 is 12.0 Å². The number of carbonyl (C=O) groups excluding carboxylic acids is 1. The van der Waals surface area contributed by atoms with Gasteiger partial charge in [0, 0.05) is 30.4 Å². The summed E-state index contributed by atoms with van der Waals surface area (Å²) in [5, 5.41) is 0. The van der Waals surface area contributed by atoms with Crippen LogP contribution in [-0.4, -0.2) is 43.4 Å². The van der Waals surface area contributed by atoms with Crippen LogP contribution in [0.4, 0.5) is 5.69 Å². The Hall–Kier alpha value is -4.83. The maximum Gasteiger partial charge on any atom is 0.338 e. The van der Waals surface area contributed by atoms with E-state index in [4.69, 9.17) is 23.9 Å². The van der Waals surface area contributed by atoms with Gasteiger partial charge in [-0.3, -0.25) is 9.36 Å². The average molecular weight is 670 g/mol. The molecule has 10 heteroatoms. The van der Waals surface area contributed by atoms with Crippen LogP contribution in [0.25, 0.3) is 6.08 Å². The molecule has 48 heavy (non-hydrogen) atoms. The third-order valence-corrected chi connectivity index (χ3v) is 9.02. The molecule has 1 aliphatic rings. The molecule has 1 aromatic heterocycles. The summed E-state index contributed by atoms with van der Waals surface area (Å²) < 4.78 is 25.5. The molecular weight excluding hydrogens is 627 g/mol. The molecule has 1 atom stereocenters. The molecule has 0 unspecified atom stereocenters. The van der Waals surface area contributed by atoms with Crippen molar-refractivity contribution < 1.29 is 23.7 Å². The molecule has 0 radical (unpaired) electrons. The maximum atomic E-state index is 14.4. The van der Waals surface area contributed by atoms with Crippen LogP contribution >= 0.6 is 11.3 Å². The molecule has 4 aromatic rings. The molecule has 2 heterocycles. The van der Waals surface area contributed by atoms with Gasteiger partial charge in [0.05, 0.1) is 41.7 Å². The number of esters is 1. The highest BCUT2D eigenvalue weighted by atomic mass is 32.1. The minimum absolute atomic E-state index is 0.0673. The van der Waals surface area contributed by atoms with Crippen molar-refractivity contribution in [3.05, 3.63) is 114 Å². The number of hydrogen-bond donors (Lipinski definition) is 0. The monoisotopic (exact) mass is 669 g/mol. The first-order valence-corrected chi connectivity index (χ1v) is 17.1. The molecular formula is C38H43N3O6S. The molecule has 0 N–H and O–H groups in total. The third kappa shape index (κ3) is 7.33. The van der Waals surface area contributed by atoms with E-state index in [9.17, 15) is 9.59 Å². The second-order valence-corrected chi connectivity index (χ2v) is 12.6. The first-order chi connectivity index (χ1) is 23.2. The van der Waals surface area contributed by atoms with E-state index in [2.05, 4.69) is 18.7 Å². The predicted octanol–water partition coefficient (Wildman–Crippen LogP) is 6.02. The number of aromatic nitrogens is 1. The van der Waals surface area contributed by atoms with Gasteiger partial charge in [0.2, 0.25) is 0 Å². The number of ether oxygens (including phenoxy) is 4. The molecule has 0 spiro atoms. The van der Waals surface area contributed by atoms with Gasteiger partial charge in [0.25, 0.3) is 5.56 Å². The van der Waals surface area contributed by atoms with Crippen molar-refractivity contribution in [2.75, 3.05) is 31.7 Å². The summed E-state index contributed by atoms with van der Waals surface area (Å²) in [4.78, 5) is 35.2. The second-order valence-electron chi connectivity index (χ2n) is 11.5. The Morgan fingerprint density at radius 2 is 1.75 bits per heavy atom. The van der Waals surface area contributed by atoms with Crippen molar-refractivity contribution in [3.8, 4) is 17.2 Å². The summed E-state index contributed by atoms with van der Waals surface area (Å²) in [5.41, 5.74) is 4.02. The molecule has 1 aliphatic heterocycles. The maximum absolute atomic E-state index is 14.4. The summed E-state index contributed by atoms with van der Waals surface area (Å²) in [5.74, 6) is 1.20. The van der Waals surface area contributed by atoms with Gasteiger partial charge in [0.15, 0.2) is 16.3 Å². The summed E-state index contributed by atoms with van der Waals surface area (Å²) in [7, 11) is 1.56. The second kappa shape index (κ2) is 15.4. The molecule has 0 fully saturated rings. The lowest BCUT2D eigenvalue weighted by Gasteiger charge is -2.25. The number of rotatable bonds is 13. The molecule has 0 aliphatic carbocycles. The number of thiazole rings is 1. The SMILES string of the molecule is CCOC(=O)C1=C(C)N=c2s/c(=C/c3ccc(N(CC)CC)cc3OCc3ccccc3)c(=O)n2[C@@H]1c1ccc(OC(C)C)c(OC)c1. The zero-order valence-corrected chi connectivity index (χ0v) is 29.4. The van der Waals surface area contributed by atoms with Crippen LogP contribution in [0.1, 0.15) is 64.3 Å². The lowest BCUT2D eigenvalue weighted by molar-refractivity contribution is -0.139. The van der Waals surface area contributed by atoms with Crippen LogP contribution in [0.3, 0.4) is 0 Å². The van der Waals surface area contributed by atoms with Crippen LogP contribution in [0.2, 0.25) is 0 Å². The number of carbonyl (C=O) groups is 1. The predicted molar refractivity (Wildman–Crippen MR) is 190 cm³/mol. The fourth-order valence-electron chi connectivity index (χ4n) is 5.74. The molecule has 0 saturated carbocycles. The van der Waals surface area contributed by atoms with Crippen molar-refractivity contribution in [1.82, 2.24) is 4.57 Å². The highest BCUT2D eigenvalue weighted by molar-refractivity contribution is 7.07. The number of benzene rings is 3. The van der Waals surface area contributed by atoms with Crippen molar-refractivity contribution in [1.29, 1.82) is 0 Å². The van der Waals surface area contributed by atoms with E-state index in [0.717, 1.165) is 29.9 Å². The van der Waals surface area contributed by atoms with Gasteiger partial charge in [-0.15, -0.1) is 0 Å². The van der Waals surface area contributed by atoms with Crippen LogP contribution < -0.4 is 34.0 Å². The average Bonchev–Trinajstić information content (AvgIpc) is 3.38. The fraction of sp³-hybridized carbons (Fsp3) is 0.342. The Labute approximate surface area is 285 Å². The van der Waals surface area contributed by atoms with E-state index in [0.29, 0.717) is 50.0 Å². The van der Waals surface area contributed by atoms with Crippen LogP contribution in [0.5, 0.6) is 17.2 Å². The van der Waals surface area contributed by atoms with Crippen molar-refractivity contribution in [2.24, 2.45) is 4.99 Å². The summed E-state index contributed by atoms with van der Waals surface area (Å²) in [6.07, 6.45) is 1.78.